The van der Waals surface area contributed by atoms with Crippen molar-refractivity contribution in [3.8, 4) is 5.75 Å². The molecular weight excluding hydrogens is 340 g/mol. The molecule has 0 spiro atoms. The highest BCUT2D eigenvalue weighted by Crippen LogP contribution is 2.64. The van der Waals surface area contributed by atoms with Gasteiger partial charge in [0.05, 0.1) is 5.39 Å². The molecule has 5 heteroatoms. The number of hydrogen-bond acceptors (Lipinski definition) is 4. The minimum Gasteiger partial charge on any atom is -0.478 e. The van der Waals surface area contributed by atoms with Gasteiger partial charge in [-0.25, -0.2) is 0 Å². The molecule has 1 aliphatic heterocycles. The molecule has 1 aliphatic carbocycles. The van der Waals surface area contributed by atoms with Crippen LogP contribution in [-0.2, 0) is 4.79 Å². The van der Waals surface area contributed by atoms with Gasteiger partial charge in [0, 0.05) is 22.8 Å². The third-order valence-electron chi connectivity index (χ3n) is 5.15. The molecule has 0 amide bonds. The molecule has 0 N–H and O–H groups in total. The zero-order chi connectivity index (χ0) is 17.1. The van der Waals surface area contributed by atoms with Crippen LogP contribution < -0.4 is 10.2 Å². The fourth-order valence-corrected chi connectivity index (χ4v) is 4.08. The quantitative estimate of drug-likeness (QED) is 0.651. The summed E-state index contributed by atoms with van der Waals surface area (Å²) >= 11 is 6.01. The lowest BCUT2D eigenvalue weighted by molar-refractivity contribution is -0.109. The first-order valence-corrected chi connectivity index (χ1v) is 8.50. The van der Waals surface area contributed by atoms with Crippen LogP contribution in [0.5, 0.6) is 5.75 Å². The third kappa shape index (κ3) is 2.07. The first-order chi connectivity index (χ1) is 12.2. The Balaban J connectivity index is 1.72. The molecule has 5 rings (SSSR count). The number of hydrogen-bond donors (Lipinski definition) is 0. The molecule has 1 aromatic heterocycles. The highest BCUT2D eigenvalue weighted by atomic mass is 35.5. The molecule has 25 heavy (non-hydrogen) atoms. The fourth-order valence-electron chi connectivity index (χ4n) is 3.91. The van der Waals surface area contributed by atoms with Crippen LogP contribution in [0, 0.1) is 11.8 Å². The molecule has 3 aromatic rings. The van der Waals surface area contributed by atoms with Crippen LogP contribution in [-0.4, -0.2) is 6.29 Å². The van der Waals surface area contributed by atoms with Gasteiger partial charge < -0.3 is 13.9 Å². The van der Waals surface area contributed by atoms with Gasteiger partial charge in [0.25, 0.3) is 0 Å². The zero-order valence-electron chi connectivity index (χ0n) is 13.0. The van der Waals surface area contributed by atoms with Crippen molar-refractivity contribution >= 4 is 28.9 Å². The topological polar surface area (TPSA) is 56.5 Å². The molecule has 0 bridgehead atoms. The Morgan fingerprint density at radius 3 is 2.64 bits per heavy atom. The summed E-state index contributed by atoms with van der Waals surface area (Å²) in [6, 6.07) is 14.6. The maximum Gasteiger partial charge on any atom is 0.234 e. The number of halogens is 1. The maximum atomic E-state index is 12.9. The molecule has 2 aliphatic rings. The smallest absolute Gasteiger partial charge is 0.234 e. The summed E-state index contributed by atoms with van der Waals surface area (Å²) in [4.78, 5) is 24.4. The van der Waals surface area contributed by atoms with E-state index >= 15 is 0 Å². The van der Waals surface area contributed by atoms with Crippen LogP contribution in [0.25, 0.3) is 11.0 Å². The Morgan fingerprint density at radius 1 is 1.08 bits per heavy atom. The van der Waals surface area contributed by atoms with Gasteiger partial charge in [-0.15, -0.1) is 0 Å². The average Bonchev–Trinajstić information content (AvgIpc) is 3.38. The molecule has 4 atom stereocenters. The predicted molar refractivity (Wildman–Crippen MR) is 93.1 cm³/mol. The van der Waals surface area contributed by atoms with Crippen molar-refractivity contribution in [3.63, 3.8) is 0 Å². The van der Waals surface area contributed by atoms with Gasteiger partial charge >= 0.3 is 0 Å². The number of ether oxygens (including phenoxy) is 1. The van der Waals surface area contributed by atoms with E-state index in [4.69, 9.17) is 20.8 Å². The molecule has 1 fully saturated rings. The fraction of sp³-hybridized carbons (Fsp3) is 0.200. The minimum atomic E-state index is -0.326. The monoisotopic (exact) mass is 352 g/mol. The number of benzene rings is 2. The van der Waals surface area contributed by atoms with E-state index in [-0.39, 0.29) is 35.0 Å². The van der Waals surface area contributed by atoms with Crippen molar-refractivity contribution in [2.75, 3.05) is 0 Å². The number of fused-ring (bicyclic) bond motifs is 4. The van der Waals surface area contributed by atoms with Crippen LogP contribution in [0.2, 0.25) is 5.02 Å². The van der Waals surface area contributed by atoms with E-state index in [2.05, 4.69) is 0 Å². The van der Waals surface area contributed by atoms with Crippen molar-refractivity contribution < 1.29 is 13.9 Å². The van der Waals surface area contributed by atoms with Crippen LogP contribution in [0.15, 0.2) is 57.7 Å². The number of aldehydes is 1. The van der Waals surface area contributed by atoms with Gasteiger partial charge in [0.15, 0.2) is 5.76 Å². The Morgan fingerprint density at radius 2 is 1.88 bits per heavy atom. The van der Waals surface area contributed by atoms with Crippen LogP contribution in [0.4, 0.5) is 0 Å². The van der Waals surface area contributed by atoms with E-state index < -0.39 is 0 Å². The summed E-state index contributed by atoms with van der Waals surface area (Å²) < 4.78 is 12.0. The summed E-state index contributed by atoms with van der Waals surface area (Å²) in [6.07, 6.45) is 0.615. The first kappa shape index (κ1) is 14.7. The maximum absolute atomic E-state index is 12.9. The highest BCUT2D eigenvalue weighted by Gasteiger charge is 2.62. The van der Waals surface area contributed by atoms with Gasteiger partial charge in [-0.2, -0.15) is 0 Å². The molecule has 2 aromatic carbocycles. The second-order valence-electron chi connectivity index (χ2n) is 6.53. The van der Waals surface area contributed by atoms with Crippen molar-refractivity contribution in [1.29, 1.82) is 0 Å². The normalized spacial score (nSPS) is 26.4. The van der Waals surface area contributed by atoms with E-state index in [9.17, 15) is 9.59 Å². The minimum absolute atomic E-state index is 0.000278. The Bertz CT molecular complexity index is 1060. The molecule has 0 unspecified atom stereocenters. The first-order valence-electron chi connectivity index (χ1n) is 8.12. The molecule has 124 valence electrons. The van der Waals surface area contributed by atoms with Crippen molar-refractivity contribution in [3.05, 3.63) is 75.1 Å². The van der Waals surface area contributed by atoms with Gasteiger partial charge in [-0.1, -0.05) is 41.9 Å². The lowest BCUT2D eigenvalue weighted by atomic mass is 10.00. The Labute approximate surface area is 148 Å². The second-order valence-corrected chi connectivity index (χ2v) is 6.97. The molecule has 1 saturated carbocycles. The summed E-state index contributed by atoms with van der Waals surface area (Å²) in [5.41, 5.74) is 1.18. The third-order valence-corrected chi connectivity index (χ3v) is 5.39. The molecule has 0 radical (unpaired) electrons. The molecule has 2 heterocycles. The summed E-state index contributed by atoms with van der Waals surface area (Å²) in [5.74, 6) is 0.377. The lowest BCUT2D eigenvalue weighted by Gasteiger charge is -2.24. The Hall–Kier alpha value is -2.59. The van der Waals surface area contributed by atoms with E-state index in [1.165, 1.54) is 0 Å². The number of carbonyl (C=O) groups excluding carboxylic acids is 1. The average molecular weight is 353 g/mol. The van der Waals surface area contributed by atoms with Gasteiger partial charge in [0.2, 0.25) is 11.2 Å². The zero-order valence-corrected chi connectivity index (χ0v) is 13.8. The van der Waals surface area contributed by atoms with Crippen LogP contribution in [0.3, 0.4) is 0 Å². The number of rotatable bonds is 2. The SMILES string of the molecule is O=C[C@H]1[C@@H]2c3oc4ccc(Cl)cc4c(=O)c3O[C@@H](c3ccccc3)[C@H]12. The van der Waals surface area contributed by atoms with Gasteiger partial charge in [-0.3, -0.25) is 4.79 Å². The van der Waals surface area contributed by atoms with E-state index in [0.29, 0.717) is 21.8 Å². The summed E-state index contributed by atoms with van der Waals surface area (Å²) in [6.45, 7) is 0. The second kappa shape index (κ2) is 5.20. The Kier molecular flexibility index (Phi) is 3.06. The van der Waals surface area contributed by atoms with E-state index in [1.807, 2.05) is 30.3 Å². The predicted octanol–water partition coefficient (Wildman–Crippen LogP) is 4.11. The molecular formula is C20H13ClO4. The largest absolute Gasteiger partial charge is 0.478 e. The molecule has 0 saturated heterocycles. The number of carbonyl (C=O) groups is 1. The van der Waals surface area contributed by atoms with Gasteiger partial charge in [0.1, 0.15) is 18.0 Å². The van der Waals surface area contributed by atoms with Crippen LogP contribution >= 0.6 is 11.6 Å². The van der Waals surface area contributed by atoms with Crippen molar-refractivity contribution in [2.24, 2.45) is 11.8 Å². The van der Waals surface area contributed by atoms with Crippen molar-refractivity contribution in [2.45, 2.75) is 12.0 Å². The summed E-state index contributed by atoms with van der Waals surface area (Å²) in [7, 11) is 0. The van der Waals surface area contributed by atoms with E-state index in [0.717, 1.165) is 11.8 Å². The summed E-state index contributed by atoms with van der Waals surface area (Å²) in [5, 5.41) is 0.852. The highest BCUT2D eigenvalue weighted by molar-refractivity contribution is 6.31. The lowest BCUT2D eigenvalue weighted by Crippen LogP contribution is -2.21. The van der Waals surface area contributed by atoms with Crippen LogP contribution in [0.1, 0.15) is 23.3 Å². The van der Waals surface area contributed by atoms with E-state index in [1.54, 1.807) is 18.2 Å². The standard InChI is InChI=1S/C20H13ClO4/c21-11-6-7-14-12(8-11)17(23)20-19(24-14)16-13(9-22)15(16)18(25-20)10-4-2-1-3-5-10/h1-9,13,15-16,18H/t13-,15-,16+,18+/m1/s1. The van der Waals surface area contributed by atoms with Gasteiger partial charge in [-0.05, 0) is 23.8 Å². The molecule has 4 nitrogen and oxygen atoms in total. The van der Waals surface area contributed by atoms with Crippen molar-refractivity contribution in [1.82, 2.24) is 0 Å².